The first-order valence-electron chi connectivity index (χ1n) is 9.99. The molecule has 3 fully saturated rings. The SMILES string of the molecule is CN=C(NCCCN1CC(C)OC(C)C1)N1CC2CCCCC2C1. The van der Waals surface area contributed by atoms with Crippen LogP contribution in [0.4, 0.5) is 0 Å². The molecule has 5 heteroatoms. The molecule has 2 heterocycles. The van der Waals surface area contributed by atoms with Gasteiger partial charge in [0.05, 0.1) is 12.2 Å². The van der Waals surface area contributed by atoms with Crippen LogP contribution < -0.4 is 5.32 Å². The van der Waals surface area contributed by atoms with Crippen LogP contribution in [0.5, 0.6) is 0 Å². The van der Waals surface area contributed by atoms with Crippen molar-refractivity contribution in [2.75, 3.05) is 46.3 Å². The monoisotopic (exact) mass is 336 g/mol. The Hall–Kier alpha value is -0.810. The smallest absolute Gasteiger partial charge is 0.193 e. The quantitative estimate of drug-likeness (QED) is 0.485. The molecule has 0 amide bonds. The minimum atomic E-state index is 0.363. The van der Waals surface area contributed by atoms with Gasteiger partial charge in [-0.3, -0.25) is 9.89 Å². The normalized spacial score (nSPS) is 35.1. The van der Waals surface area contributed by atoms with E-state index in [2.05, 4.69) is 34.0 Å². The average Bonchev–Trinajstić information content (AvgIpc) is 2.97. The lowest BCUT2D eigenvalue weighted by molar-refractivity contribution is -0.0679. The van der Waals surface area contributed by atoms with Gasteiger partial charge in [0, 0.05) is 46.3 Å². The lowest BCUT2D eigenvalue weighted by atomic mass is 9.82. The van der Waals surface area contributed by atoms with E-state index in [-0.39, 0.29) is 0 Å². The van der Waals surface area contributed by atoms with Crippen LogP contribution in [-0.2, 0) is 4.74 Å². The molecule has 3 rings (SSSR count). The van der Waals surface area contributed by atoms with Gasteiger partial charge in [-0.05, 0) is 44.9 Å². The Morgan fingerprint density at radius 1 is 1.04 bits per heavy atom. The third-order valence-electron chi connectivity index (χ3n) is 5.92. The molecular formula is C19H36N4O. The number of aliphatic imine (C=N–C) groups is 1. The number of hydrogen-bond donors (Lipinski definition) is 1. The van der Waals surface area contributed by atoms with Crippen molar-refractivity contribution >= 4 is 5.96 Å². The fourth-order valence-corrected chi connectivity index (χ4v) is 4.88. The van der Waals surface area contributed by atoms with Crippen molar-refractivity contribution in [2.24, 2.45) is 16.8 Å². The van der Waals surface area contributed by atoms with Crippen molar-refractivity contribution < 1.29 is 4.74 Å². The second-order valence-electron chi connectivity index (χ2n) is 8.05. The van der Waals surface area contributed by atoms with Gasteiger partial charge < -0.3 is 15.0 Å². The predicted molar refractivity (Wildman–Crippen MR) is 99.4 cm³/mol. The maximum Gasteiger partial charge on any atom is 0.193 e. The second kappa shape index (κ2) is 8.52. The van der Waals surface area contributed by atoms with E-state index in [0.29, 0.717) is 12.2 Å². The van der Waals surface area contributed by atoms with E-state index < -0.39 is 0 Å². The number of likely N-dealkylation sites (tertiary alicyclic amines) is 1. The van der Waals surface area contributed by atoms with Crippen molar-refractivity contribution in [1.82, 2.24) is 15.1 Å². The summed E-state index contributed by atoms with van der Waals surface area (Å²) in [6.07, 6.45) is 7.59. The summed E-state index contributed by atoms with van der Waals surface area (Å²) in [5, 5.41) is 3.60. The molecule has 0 bridgehead atoms. The van der Waals surface area contributed by atoms with Crippen molar-refractivity contribution in [2.45, 2.75) is 58.2 Å². The molecule has 4 atom stereocenters. The molecule has 3 aliphatic rings. The maximum atomic E-state index is 5.81. The summed E-state index contributed by atoms with van der Waals surface area (Å²) in [4.78, 5) is 9.57. The molecule has 1 aliphatic carbocycles. The highest BCUT2D eigenvalue weighted by Crippen LogP contribution is 2.35. The Morgan fingerprint density at radius 3 is 2.25 bits per heavy atom. The van der Waals surface area contributed by atoms with E-state index in [9.17, 15) is 0 Å². The maximum absolute atomic E-state index is 5.81. The number of ether oxygens (including phenoxy) is 1. The first-order valence-corrected chi connectivity index (χ1v) is 9.99. The molecule has 24 heavy (non-hydrogen) atoms. The summed E-state index contributed by atoms with van der Waals surface area (Å²) >= 11 is 0. The molecule has 0 spiro atoms. The molecule has 4 unspecified atom stereocenters. The van der Waals surface area contributed by atoms with Gasteiger partial charge in [-0.2, -0.15) is 0 Å². The average molecular weight is 337 g/mol. The van der Waals surface area contributed by atoms with Crippen molar-refractivity contribution in [3.05, 3.63) is 0 Å². The van der Waals surface area contributed by atoms with Crippen LogP contribution >= 0.6 is 0 Å². The van der Waals surface area contributed by atoms with Crippen LogP contribution in [0.1, 0.15) is 46.0 Å². The van der Waals surface area contributed by atoms with E-state index in [1.807, 2.05) is 7.05 Å². The van der Waals surface area contributed by atoms with E-state index in [1.54, 1.807) is 0 Å². The van der Waals surface area contributed by atoms with Crippen LogP contribution in [-0.4, -0.2) is 74.3 Å². The topological polar surface area (TPSA) is 40.1 Å². The highest BCUT2D eigenvalue weighted by molar-refractivity contribution is 5.80. The number of guanidine groups is 1. The molecule has 1 N–H and O–H groups in total. The molecule has 2 saturated heterocycles. The lowest BCUT2D eigenvalue weighted by Crippen LogP contribution is -2.46. The summed E-state index contributed by atoms with van der Waals surface area (Å²) < 4.78 is 5.81. The minimum Gasteiger partial charge on any atom is -0.373 e. The summed E-state index contributed by atoms with van der Waals surface area (Å²) in [6.45, 7) is 11.1. The molecular weight excluding hydrogens is 300 g/mol. The Kier molecular flexibility index (Phi) is 6.39. The van der Waals surface area contributed by atoms with Crippen LogP contribution in [0.25, 0.3) is 0 Å². The minimum absolute atomic E-state index is 0.363. The number of morpholine rings is 1. The zero-order valence-corrected chi connectivity index (χ0v) is 15.8. The summed E-state index contributed by atoms with van der Waals surface area (Å²) in [5.74, 6) is 2.94. The fraction of sp³-hybridized carbons (Fsp3) is 0.947. The summed E-state index contributed by atoms with van der Waals surface area (Å²) in [6, 6.07) is 0. The third kappa shape index (κ3) is 4.63. The Balaban J connectivity index is 1.37. The summed E-state index contributed by atoms with van der Waals surface area (Å²) in [5.41, 5.74) is 0. The van der Waals surface area contributed by atoms with Gasteiger partial charge >= 0.3 is 0 Å². The third-order valence-corrected chi connectivity index (χ3v) is 5.92. The van der Waals surface area contributed by atoms with Crippen molar-refractivity contribution in [3.8, 4) is 0 Å². The highest BCUT2D eigenvalue weighted by Gasteiger charge is 2.35. The molecule has 5 nitrogen and oxygen atoms in total. The van der Waals surface area contributed by atoms with Crippen LogP contribution in [0.15, 0.2) is 4.99 Å². The fourth-order valence-electron chi connectivity index (χ4n) is 4.88. The molecule has 0 aromatic rings. The molecule has 2 aliphatic heterocycles. The Morgan fingerprint density at radius 2 is 1.67 bits per heavy atom. The van der Waals surface area contributed by atoms with E-state index in [0.717, 1.165) is 44.0 Å². The Labute approximate surface area is 147 Å². The van der Waals surface area contributed by atoms with Gasteiger partial charge in [-0.15, -0.1) is 0 Å². The number of fused-ring (bicyclic) bond motifs is 1. The zero-order chi connectivity index (χ0) is 16.9. The van der Waals surface area contributed by atoms with Gasteiger partial charge in [-0.25, -0.2) is 0 Å². The summed E-state index contributed by atoms with van der Waals surface area (Å²) in [7, 11) is 1.93. The molecule has 138 valence electrons. The van der Waals surface area contributed by atoms with Crippen LogP contribution in [0.3, 0.4) is 0 Å². The first-order chi connectivity index (χ1) is 11.7. The van der Waals surface area contributed by atoms with Crippen molar-refractivity contribution in [3.63, 3.8) is 0 Å². The number of rotatable bonds is 4. The van der Waals surface area contributed by atoms with Gasteiger partial charge in [-0.1, -0.05) is 12.8 Å². The number of nitrogens with one attached hydrogen (secondary N) is 1. The van der Waals surface area contributed by atoms with Crippen molar-refractivity contribution in [1.29, 1.82) is 0 Å². The van der Waals surface area contributed by atoms with E-state index >= 15 is 0 Å². The second-order valence-corrected chi connectivity index (χ2v) is 8.05. The largest absolute Gasteiger partial charge is 0.373 e. The highest BCUT2D eigenvalue weighted by atomic mass is 16.5. The van der Waals surface area contributed by atoms with Crippen LogP contribution in [0, 0.1) is 11.8 Å². The van der Waals surface area contributed by atoms with Gasteiger partial charge in [0.2, 0.25) is 0 Å². The standard InChI is InChI=1S/C19H36N4O/c1-15-11-22(12-16(2)24-15)10-6-9-21-19(20-3)23-13-17-7-4-5-8-18(17)14-23/h15-18H,4-14H2,1-3H3,(H,20,21). The van der Waals surface area contributed by atoms with Gasteiger partial charge in [0.15, 0.2) is 5.96 Å². The molecule has 0 radical (unpaired) electrons. The van der Waals surface area contributed by atoms with E-state index in [1.165, 1.54) is 45.2 Å². The molecule has 0 aromatic carbocycles. The molecule has 1 saturated carbocycles. The number of hydrogen-bond acceptors (Lipinski definition) is 3. The zero-order valence-electron chi connectivity index (χ0n) is 15.8. The predicted octanol–water partition coefficient (Wildman–Crippen LogP) is 2.18. The lowest BCUT2D eigenvalue weighted by Gasteiger charge is -2.35. The molecule has 0 aromatic heterocycles. The van der Waals surface area contributed by atoms with Gasteiger partial charge in [0.25, 0.3) is 0 Å². The number of nitrogens with zero attached hydrogens (tertiary/aromatic N) is 3. The van der Waals surface area contributed by atoms with Gasteiger partial charge in [0.1, 0.15) is 0 Å². The first kappa shape index (κ1) is 18.0. The Bertz CT molecular complexity index is 404. The van der Waals surface area contributed by atoms with E-state index in [4.69, 9.17) is 4.74 Å². The van der Waals surface area contributed by atoms with Crippen LogP contribution in [0.2, 0.25) is 0 Å².